The van der Waals surface area contributed by atoms with E-state index in [-0.39, 0.29) is 0 Å². The number of aromatic nitrogens is 2. The van der Waals surface area contributed by atoms with Gasteiger partial charge in [-0.25, -0.2) is 0 Å². The minimum absolute atomic E-state index is 1.18. The third-order valence-electron chi connectivity index (χ3n) is 12.4. The van der Waals surface area contributed by atoms with E-state index < -0.39 is 0 Å². The van der Waals surface area contributed by atoms with Crippen LogP contribution >= 0.6 is 0 Å². The molecule has 0 bridgehead atoms. The van der Waals surface area contributed by atoms with Gasteiger partial charge in [-0.1, -0.05) is 140 Å². The molecule has 0 saturated heterocycles. The van der Waals surface area contributed by atoms with Gasteiger partial charge in [-0.3, -0.25) is 0 Å². The van der Waals surface area contributed by atoms with Crippen molar-refractivity contribution in [3.8, 4) is 44.8 Å². The summed E-state index contributed by atoms with van der Waals surface area (Å²) < 4.78 is 4.92. The second-order valence-electron chi connectivity index (χ2n) is 15.3. The molecule has 0 spiro atoms. The maximum absolute atomic E-state index is 2.50. The van der Waals surface area contributed by atoms with E-state index in [1.165, 1.54) is 121 Å². The Balaban J connectivity index is 1.02. The highest BCUT2D eigenvalue weighted by Gasteiger charge is 2.23. The van der Waals surface area contributed by atoms with Gasteiger partial charge in [-0.05, 0) is 115 Å². The quantitative estimate of drug-likeness (QED) is 0.173. The molecular weight excluding hydrogens is 677 g/mol. The average Bonchev–Trinajstić information content (AvgIpc) is 3.89. The molecule has 2 heteroatoms. The van der Waals surface area contributed by atoms with E-state index in [1.54, 1.807) is 0 Å². The van der Waals surface area contributed by atoms with E-state index in [4.69, 9.17) is 0 Å². The summed E-state index contributed by atoms with van der Waals surface area (Å²) in [6, 6.07) is 72.1. The highest BCUT2D eigenvalue weighted by molar-refractivity contribution is 6.20. The maximum atomic E-state index is 2.50. The fourth-order valence-electron chi connectivity index (χ4n) is 9.89. The predicted octanol–water partition coefficient (Wildman–Crippen LogP) is 14.7. The normalized spacial score (nSPS) is 12.3. The summed E-state index contributed by atoms with van der Waals surface area (Å²) in [5.74, 6) is 0. The molecule has 258 valence electrons. The zero-order valence-corrected chi connectivity index (χ0v) is 30.4. The van der Waals surface area contributed by atoms with Crippen molar-refractivity contribution in [3.63, 3.8) is 0 Å². The van der Waals surface area contributed by atoms with Crippen LogP contribution in [0.3, 0.4) is 0 Å². The van der Waals surface area contributed by atoms with E-state index >= 15 is 0 Å². The number of nitrogens with zero attached hydrogens (tertiary/aromatic N) is 2. The van der Waals surface area contributed by atoms with Gasteiger partial charge in [0.15, 0.2) is 0 Å². The fourth-order valence-corrected chi connectivity index (χ4v) is 9.89. The van der Waals surface area contributed by atoms with Crippen LogP contribution in [0.1, 0.15) is 0 Å². The standard InChI is InChI=1S/C54H32N2/c1-2-11-36-29-39(23-19-33(36)9-1)55-50-18-6-5-15-43(50)48-30-37(21-27-51(48)55)38-22-28-52-49(31-38)46-25-20-34-10-3-4-14-41(34)54(46)56(52)40-24-26-42-44-16-7-12-35-13-8-17-45(53(35)44)47(42)32-40/h1-32H. The maximum Gasteiger partial charge on any atom is 0.0619 e. The van der Waals surface area contributed by atoms with Gasteiger partial charge in [0.05, 0.1) is 22.1 Å². The van der Waals surface area contributed by atoms with Crippen molar-refractivity contribution in [1.29, 1.82) is 0 Å². The highest BCUT2D eigenvalue weighted by Crippen LogP contribution is 2.49. The summed E-state index contributed by atoms with van der Waals surface area (Å²) in [5.41, 5.74) is 14.9. The lowest BCUT2D eigenvalue weighted by Crippen LogP contribution is -1.95. The fraction of sp³-hybridized carbons (Fsp3) is 0. The molecule has 13 rings (SSSR count). The number of hydrogen-bond acceptors (Lipinski definition) is 0. The van der Waals surface area contributed by atoms with Crippen molar-refractivity contribution < 1.29 is 0 Å². The van der Waals surface area contributed by atoms with Crippen LogP contribution in [0, 0.1) is 0 Å². The first-order valence-corrected chi connectivity index (χ1v) is 19.4. The Morgan fingerprint density at radius 3 is 1.68 bits per heavy atom. The number of para-hydroxylation sites is 1. The smallest absolute Gasteiger partial charge is 0.0619 e. The van der Waals surface area contributed by atoms with Gasteiger partial charge in [0.1, 0.15) is 0 Å². The molecule has 10 aromatic carbocycles. The summed E-state index contributed by atoms with van der Waals surface area (Å²) in [6.45, 7) is 0. The molecule has 0 amide bonds. The molecule has 0 aliphatic heterocycles. The summed E-state index contributed by atoms with van der Waals surface area (Å²) in [7, 11) is 0. The summed E-state index contributed by atoms with van der Waals surface area (Å²) in [4.78, 5) is 0. The van der Waals surface area contributed by atoms with Crippen molar-refractivity contribution in [2.24, 2.45) is 0 Å². The molecule has 0 radical (unpaired) electrons. The van der Waals surface area contributed by atoms with Crippen LogP contribution in [0.2, 0.25) is 0 Å². The van der Waals surface area contributed by atoms with Gasteiger partial charge in [-0.15, -0.1) is 0 Å². The first-order valence-electron chi connectivity index (χ1n) is 19.4. The second kappa shape index (κ2) is 11.1. The van der Waals surface area contributed by atoms with Crippen LogP contribution in [0.25, 0.3) is 121 Å². The molecule has 0 saturated carbocycles. The molecule has 2 nitrogen and oxygen atoms in total. The van der Waals surface area contributed by atoms with Gasteiger partial charge < -0.3 is 9.13 Å². The molecule has 12 aromatic rings. The SMILES string of the molecule is c1ccc2cc(-n3c4ccccc4c4cc(-c5ccc6c(c5)c5ccc7ccccc7c5n6-c5ccc6c(c5)-c5cccc7cccc-6c57)ccc43)ccc2c1. The minimum Gasteiger partial charge on any atom is -0.309 e. The summed E-state index contributed by atoms with van der Waals surface area (Å²) in [6.07, 6.45) is 0. The summed E-state index contributed by atoms with van der Waals surface area (Å²) in [5, 5.41) is 12.7. The largest absolute Gasteiger partial charge is 0.309 e. The molecule has 1 aliphatic rings. The molecule has 0 atom stereocenters. The topological polar surface area (TPSA) is 9.86 Å². The molecule has 0 unspecified atom stereocenters. The molecule has 2 aromatic heterocycles. The molecule has 0 N–H and O–H groups in total. The Labute approximate surface area is 322 Å². The van der Waals surface area contributed by atoms with Crippen LogP contribution in [0.15, 0.2) is 194 Å². The molecular formula is C54H32N2. The van der Waals surface area contributed by atoms with E-state index in [0.717, 1.165) is 0 Å². The van der Waals surface area contributed by atoms with Crippen LogP contribution in [-0.2, 0) is 0 Å². The Morgan fingerprint density at radius 1 is 0.268 bits per heavy atom. The number of benzene rings is 10. The van der Waals surface area contributed by atoms with E-state index in [9.17, 15) is 0 Å². The van der Waals surface area contributed by atoms with Gasteiger partial charge in [-0.2, -0.15) is 0 Å². The van der Waals surface area contributed by atoms with E-state index in [0.29, 0.717) is 0 Å². The Hall–Kier alpha value is -7.42. The Kier molecular flexibility index (Phi) is 5.92. The monoisotopic (exact) mass is 708 g/mol. The van der Waals surface area contributed by atoms with Crippen molar-refractivity contribution in [2.45, 2.75) is 0 Å². The third-order valence-corrected chi connectivity index (χ3v) is 12.4. The van der Waals surface area contributed by atoms with Gasteiger partial charge >= 0.3 is 0 Å². The number of hydrogen-bond donors (Lipinski definition) is 0. The van der Waals surface area contributed by atoms with Crippen LogP contribution in [-0.4, -0.2) is 9.13 Å². The third kappa shape index (κ3) is 4.05. The predicted molar refractivity (Wildman–Crippen MR) is 238 cm³/mol. The van der Waals surface area contributed by atoms with Gasteiger partial charge in [0.2, 0.25) is 0 Å². The van der Waals surface area contributed by atoms with Crippen molar-refractivity contribution in [2.75, 3.05) is 0 Å². The number of rotatable bonds is 3. The lowest BCUT2D eigenvalue weighted by Gasteiger charge is -2.13. The zero-order valence-electron chi connectivity index (χ0n) is 30.4. The first kappa shape index (κ1) is 30.0. The van der Waals surface area contributed by atoms with Crippen molar-refractivity contribution >= 4 is 75.9 Å². The first-order chi connectivity index (χ1) is 27.8. The van der Waals surface area contributed by atoms with Crippen LogP contribution < -0.4 is 0 Å². The molecule has 2 heterocycles. The average molecular weight is 709 g/mol. The second-order valence-corrected chi connectivity index (χ2v) is 15.3. The minimum atomic E-state index is 1.18. The zero-order chi connectivity index (χ0) is 36.5. The Bertz CT molecular complexity index is 3650. The van der Waals surface area contributed by atoms with Gasteiger partial charge in [0, 0.05) is 38.3 Å². The van der Waals surface area contributed by atoms with Crippen molar-refractivity contribution in [1.82, 2.24) is 9.13 Å². The van der Waals surface area contributed by atoms with Crippen LogP contribution in [0.4, 0.5) is 0 Å². The Morgan fingerprint density at radius 2 is 0.857 bits per heavy atom. The number of fused-ring (bicyclic) bond motifs is 12. The highest BCUT2D eigenvalue weighted by atomic mass is 15.0. The summed E-state index contributed by atoms with van der Waals surface area (Å²) >= 11 is 0. The molecule has 0 fully saturated rings. The van der Waals surface area contributed by atoms with Crippen molar-refractivity contribution in [3.05, 3.63) is 194 Å². The lowest BCUT2D eigenvalue weighted by atomic mass is 10.00. The molecule has 56 heavy (non-hydrogen) atoms. The van der Waals surface area contributed by atoms with E-state index in [1.807, 2.05) is 0 Å². The molecule has 1 aliphatic carbocycles. The van der Waals surface area contributed by atoms with Gasteiger partial charge in [0.25, 0.3) is 0 Å². The van der Waals surface area contributed by atoms with E-state index in [2.05, 4.69) is 203 Å². The lowest BCUT2D eigenvalue weighted by molar-refractivity contribution is 1.19. The van der Waals surface area contributed by atoms with Crippen LogP contribution in [0.5, 0.6) is 0 Å².